The summed E-state index contributed by atoms with van der Waals surface area (Å²) in [5.74, 6) is 1.31. The van der Waals surface area contributed by atoms with E-state index in [0.717, 1.165) is 19.5 Å². The van der Waals surface area contributed by atoms with Crippen LogP contribution < -0.4 is 11.1 Å². The lowest BCUT2D eigenvalue weighted by molar-refractivity contribution is 0.233. The summed E-state index contributed by atoms with van der Waals surface area (Å²) in [5, 5.41) is 3.50. The van der Waals surface area contributed by atoms with Crippen molar-refractivity contribution in [1.29, 1.82) is 0 Å². The van der Waals surface area contributed by atoms with Gasteiger partial charge in [-0.25, -0.2) is 0 Å². The van der Waals surface area contributed by atoms with Gasteiger partial charge in [0.1, 0.15) is 0 Å². The first-order valence-corrected chi connectivity index (χ1v) is 6.27. The standard InChI is InChI=1S/C13H30N2/c1-7-11(4)12(14)8-15-9-13(5,6)10(2)3/h10-12,15H,7-9,14H2,1-6H3. The lowest BCUT2D eigenvalue weighted by Gasteiger charge is -2.30. The van der Waals surface area contributed by atoms with E-state index < -0.39 is 0 Å². The topological polar surface area (TPSA) is 38.0 Å². The SMILES string of the molecule is CCC(C)C(N)CNCC(C)(C)C(C)C. The molecule has 0 saturated heterocycles. The Bertz CT molecular complexity index is 164. The second-order valence-electron chi connectivity index (χ2n) is 5.82. The molecular weight excluding hydrogens is 184 g/mol. The van der Waals surface area contributed by atoms with Gasteiger partial charge in [-0.05, 0) is 17.3 Å². The highest BCUT2D eigenvalue weighted by Gasteiger charge is 2.22. The van der Waals surface area contributed by atoms with Crippen LogP contribution in [0.15, 0.2) is 0 Å². The van der Waals surface area contributed by atoms with Crippen molar-refractivity contribution in [3.8, 4) is 0 Å². The first-order chi connectivity index (χ1) is 6.81. The van der Waals surface area contributed by atoms with E-state index in [2.05, 4.69) is 46.9 Å². The Kier molecular flexibility index (Phi) is 6.46. The van der Waals surface area contributed by atoms with E-state index in [1.54, 1.807) is 0 Å². The average molecular weight is 214 g/mol. The maximum Gasteiger partial charge on any atom is 0.0191 e. The van der Waals surface area contributed by atoms with Crippen molar-refractivity contribution in [2.24, 2.45) is 23.0 Å². The van der Waals surface area contributed by atoms with Crippen LogP contribution in [0.3, 0.4) is 0 Å². The minimum atomic E-state index is 0.290. The summed E-state index contributed by atoms with van der Waals surface area (Å²) in [6, 6.07) is 0.290. The van der Waals surface area contributed by atoms with Gasteiger partial charge in [-0.15, -0.1) is 0 Å². The normalized spacial score (nSPS) is 16.8. The summed E-state index contributed by atoms with van der Waals surface area (Å²) in [5.41, 5.74) is 6.43. The van der Waals surface area contributed by atoms with E-state index >= 15 is 0 Å². The predicted octanol–water partition coefficient (Wildman–Crippen LogP) is 2.63. The number of hydrogen-bond donors (Lipinski definition) is 2. The molecule has 0 rings (SSSR count). The minimum absolute atomic E-state index is 0.290. The Morgan fingerprint density at radius 2 is 1.73 bits per heavy atom. The van der Waals surface area contributed by atoms with Crippen molar-refractivity contribution in [3.63, 3.8) is 0 Å². The average Bonchev–Trinajstić information content (AvgIpc) is 2.15. The molecule has 0 aliphatic carbocycles. The monoisotopic (exact) mass is 214 g/mol. The molecule has 3 N–H and O–H groups in total. The van der Waals surface area contributed by atoms with Crippen LogP contribution in [0.1, 0.15) is 48.0 Å². The summed E-state index contributed by atoms with van der Waals surface area (Å²) >= 11 is 0. The van der Waals surface area contributed by atoms with E-state index in [0.29, 0.717) is 17.3 Å². The molecule has 0 spiro atoms. The number of hydrogen-bond acceptors (Lipinski definition) is 2. The maximum absolute atomic E-state index is 6.07. The fourth-order valence-electron chi connectivity index (χ4n) is 1.27. The van der Waals surface area contributed by atoms with Gasteiger partial charge in [0.25, 0.3) is 0 Å². The molecule has 92 valence electrons. The smallest absolute Gasteiger partial charge is 0.0191 e. The largest absolute Gasteiger partial charge is 0.326 e. The number of nitrogens with one attached hydrogen (secondary N) is 1. The highest BCUT2D eigenvalue weighted by Crippen LogP contribution is 2.24. The van der Waals surface area contributed by atoms with Gasteiger partial charge in [-0.1, -0.05) is 48.0 Å². The summed E-state index contributed by atoms with van der Waals surface area (Å²) in [4.78, 5) is 0. The van der Waals surface area contributed by atoms with Gasteiger partial charge in [0.2, 0.25) is 0 Å². The van der Waals surface area contributed by atoms with Crippen molar-refractivity contribution in [2.45, 2.75) is 54.0 Å². The first kappa shape index (κ1) is 14.9. The molecule has 0 aromatic heterocycles. The Labute approximate surface area is 96.0 Å². The van der Waals surface area contributed by atoms with Gasteiger partial charge in [0.15, 0.2) is 0 Å². The Morgan fingerprint density at radius 3 is 2.13 bits per heavy atom. The minimum Gasteiger partial charge on any atom is -0.326 e. The zero-order chi connectivity index (χ0) is 12.1. The summed E-state index contributed by atoms with van der Waals surface area (Å²) in [6.45, 7) is 15.6. The molecule has 0 radical (unpaired) electrons. The molecule has 0 aliphatic heterocycles. The van der Waals surface area contributed by atoms with Crippen LogP contribution in [0, 0.1) is 17.3 Å². The molecule has 2 unspecified atom stereocenters. The fraction of sp³-hybridized carbons (Fsp3) is 1.00. The quantitative estimate of drug-likeness (QED) is 0.684. The molecular formula is C13H30N2. The van der Waals surface area contributed by atoms with Gasteiger partial charge < -0.3 is 11.1 Å². The van der Waals surface area contributed by atoms with Gasteiger partial charge in [-0.2, -0.15) is 0 Å². The second kappa shape index (κ2) is 6.49. The molecule has 0 fully saturated rings. The first-order valence-electron chi connectivity index (χ1n) is 6.27. The summed E-state index contributed by atoms with van der Waals surface area (Å²) in [7, 11) is 0. The molecule has 0 bridgehead atoms. The molecule has 0 aromatic carbocycles. The molecule has 0 saturated carbocycles. The zero-order valence-corrected chi connectivity index (χ0v) is 11.4. The van der Waals surface area contributed by atoms with Crippen LogP contribution in [-0.2, 0) is 0 Å². The molecule has 2 heteroatoms. The van der Waals surface area contributed by atoms with Gasteiger partial charge >= 0.3 is 0 Å². The lowest BCUT2D eigenvalue weighted by Crippen LogP contribution is -2.42. The third kappa shape index (κ3) is 5.53. The molecule has 15 heavy (non-hydrogen) atoms. The molecule has 2 atom stereocenters. The molecule has 0 aliphatic rings. The van der Waals surface area contributed by atoms with Crippen LogP contribution in [-0.4, -0.2) is 19.1 Å². The third-order valence-corrected chi connectivity index (χ3v) is 3.90. The van der Waals surface area contributed by atoms with Crippen LogP contribution in [0.5, 0.6) is 0 Å². The lowest BCUT2D eigenvalue weighted by atomic mass is 9.81. The highest BCUT2D eigenvalue weighted by atomic mass is 14.9. The molecule has 0 amide bonds. The number of rotatable bonds is 7. The summed E-state index contributed by atoms with van der Waals surface area (Å²) < 4.78 is 0. The van der Waals surface area contributed by atoms with E-state index in [1.165, 1.54) is 0 Å². The Balaban J connectivity index is 3.79. The van der Waals surface area contributed by atoms with Crippen LogP contribution in [0.2, 0.25) is 0 Å². The van der Waals surface area contributed by atoms with Crippen molar-refractivity contribution >= 4 is 0 Å². The van der Waals surface area contributed by atoms with E-state index in [4.69, 9.17) is 5.73 Å². The molecule has 2 nitrogen and oxygen atoms in total. The molecule has 0 heterocycles. The zero-order valence-electron chi connectivity index (χ0n) is 11.4. The van der Waals surface area contributed by atoms with Crippen LogP contribution in [0.25, 0.3) is 0 Å². The van der Waals surface area contributed by atoms with E-state index in [1.807, 2.05) is 0 Å². The van der Waals surface area contributed by atoms with E-state index in [9.17, 15) is 0 Å². The van der Waals surface area contributed by atoms with Gasteiger partial charge in [0, 0.05) is 19.1 Å². The van der Waals surface area contributed by atoms with Crippen LogP contribution in [0.4, 0.5) is 0 Å². The summed E-state index contributed by atoms with van der Waals surface area (Å²) in [6.07, 6.45) is 1.16. The third-order valence-electron chi connectivity index (χ3n) is 3.90. The molecule has 0 aromatic rings. The Hall–Kier alpha value is -0.0800. The highest BCUT2D eigenvalue weighted by molar-refractivity contribution is 4.77. The van der Waals surface area contributed by atoms with Gasteiger partial charge in [0.05, 0.1) is 0 Å². The Morgan fingerprint density at radius 1 is 1.20 bits per heavy atom. The van der Waals surface area contributed by atoms with E-state index in [-0.39, 0.29) is 6.04 Å². The van der Waals surface area contributed by atoms with Crippen LogP contribution >= 0.6 is 0 Å². The van der Waals surface area contributed by atoms with Gasteiger partial charge in [-0.3, -0.25) is 0 Å². The predicted molar refractivity (Wildman–Crippen MR) is 68.9 cm³/mol. The van der Waals surface area contributed by atoms with Crippen molar-refractivity contribution in [1.82, 2.24) is 5.32 Å². The van der Waals surface area contributed by atoms with Crippen molar-refractivity contribution in [2.75, 3.05) is 13.1 Å². The number of nitrogens with two attached hydrogens (primary N) is 1. The van der Waals surface area contributed by atoms with Crippen molar-refractivity contribution < 1.29 is 0 Å². The van der Waals surface area contributed by atoms with Crippen molar-refractivity contribution in [3.05, 3.63) is 0 Å². The maximum atomic E-state index is 6.07. The second-order valence-corrected chi connectivity index (χ2v) is 5.82. The fourth-order valence-corrected chi connectivity index (χ4v) is 1.27.